The van der Waals surface area contributed by atoms with Crippen LogP contribution in [0.2, 0.25) is 0 Å². The van der Waals surface area contributed by atoms with Crippen LogP contribution in [0.1, 0.15) is 56.7 Å². The lowest BCUT2D eigenvalue weighted by atomic mass is 9.82. The van der Waals surface area contributed by atoms with Gasteiger partial charge in [-0.2, -0.15) is 5.10 Å². The molecule has 0 bridgehead atoms. The van der Waals surface area contributed by atoms with E-state index in [1.165, 1.54) is 0 Å². The van der Waals surface area contributed by atoms with Crippen LogP contribution in [0.25, 0.3) is 11.3 Å². The molecule has 2 aliphatic rings. The number of carbonyl (C=O) groups is 1. The summed E-state index contributed by atoms with van der Waals surface area (Å²) in [6.45, 7) is 8.13. The molecule has 1 saturated heterocycles. The van der Waals surface area contributed by atoms with Crippen molar-refractivity contribution in [3.8, 4) is 17.0 Å². The predicted octanol–water partition coefficient (Wildman–Crippen LogP) is 4.45. The van der Waals surface area contributed by atoms with Gasteiger partial charge in [-0.15, -0.1) is 0 Å². The number of aromatic nitrogens is 5. The van der Waals surface area contributed by atoms with E-state index in [1.807, 2.05) is 62.1 Å². The first-order chi connectivity index (χ1) is 19.2. The number of amides is 2. The largest absolute Gasteiger partial charge is 0.481 e. The van der Waals surface area contributed by atoms with Gasteiger partial charge in [0.1, 0.15) is 6.10 Å². The molecule has 0 aliphatic carbocycles. The van der Waals surface area contributed by atoms with Crippen LogP contribution in [0.5, 0.6) is 5.75 Å². The lowest BCUT2D eigenvalue weighted by Gasteiger charge is -2.30. The molecule has 206 valence electrons. The van der Waals surface area contributed by atoms with Crippen LogP contribution in [-0.2, 0) is 17.5 Å². The number of nitrogens with one attached hydrogen (secondary N) is 1. The standard InChI is InChI=1S/C30H34N8O2/c1-20(23-6-4-5-11-33-23)40-25-16-21(18-34-27(25)31)24-17-26-30(10-15-38(26)36-24)9-14-37(19-30)28(39)35-29(2,3)22-7-12-32-13-8-22/h4-8,11-13,16-18,20H,9-10,14-15,19H2,1-3H3,(H2,31,34)(H,35,39)/t20-,30?/m1/s1. The number of hydrogen-bond acceptors (Lipinski definition) is 7. The van der Waals surface area contributed by atoms with E-state index in [4.69, 9.17) is 15.6 Å². The quantitative estimate of drug-likeness (QED) is 0.372. The van der Waals surface area contributed by atoms with Crippen molar-refractivity contribution in [2.24, 2.45) is 0 Å². The Morgan fingerprint density at radius 1 is 1.10 bits per heavy atom. The number of likely N-dealkylation sites (tertiary alicyclic amines) is 1. The molecule has 2 atom stereocenters. The molecule has 0 radical (unpaired) electrons. The monoisotopic (exact) mass is 538 g/mol. The van der Waals surface area contributed by atoms with Gasteiger partial charge in [0.05, 0.1) is 16.9 Å². The van der Waals surface area contributed by atoms with Gasteiger partial charge in [0, 0.05) is 61.1 Å². The van der Waals surface area contributed by atoms with Crippen LogP contribution in [0.3, 0.4) is 0 Å². The van der Waals surface area contributed by atoms with Crippen molar-refractivity contribution in [2.75, 3.05) is 18.8 Å². The lowest BCUT2D eigenvalue weighted by molar-refractivity contribution is 0.194. The topological polar surface area (TPSA) is 124 Å². The van der Waals surface area contributed by atoms with Crippen LogP contribution in [0, 0.1) is 0 Å². The van der Waals surface area contributed by atoms with Gasteiger partial charge < -0.3 is 20.7 Å². The van der Waals surface area contributed by atoms with E-state index in [9.17, 15) is 4.79 Å². The number of nitrogens with zero attached hydrogens (tertiary/aromatic N) is 6. The summed E-state index contributed by atoms with van der Waals surface area (Å²) in [4.78, 5) is 28.1. The van der Waals surface area contributed by atoms with E-state index in [1.54, 1.807) is 24.8 Å². The van der Waals surface area contributed by atoms with Crippen molar-refractivity contribution in [1.29, 1.82) is 0 Å². The van der Waals surface area contributed by atoms with Crippen molar-refractivity contribution >= 4 is 11.8 Å². The van der Waals surface area contributed by atoms with E-state index >= 15 is 0 Å². The fraction of sp³-hybridized carbons (Fsp3) is 0.367. The number of nitrogens with two attached hydrogens (primary N) is 1. The third kappa shape index (κ3) is 4.74. The van der Waals surface area contributed by atoms with E-state index in [0.717, 1.165) is 47.6 Å². The highest BCUT2D eigenvalue weighted by Crippen LogP contribution is 2.44. The summed E-state index contributed by atoms with van der Waals surface area (Å²) >= 11 is 0. The van der Waals surface area contributed by atoms with Crippen LogP contribution in [-0.4, -0.2) is 48.8 Å². The molecule has 2 aliphatic heterocycles. The Kier molecular flexibility index (Phi) is 6.40. The van der Waals surface area contributed by atoms with Crippen molar-refractivity contribution < 1.29 is 9.53 Å². The second kappa shape index (κ2) is 9.93. The Labute approximate surface area is 233 Å². The molecule has 1 unspecified atom stereocenters. The number of pyridine rings is 3. The van der Waals surface area contributed by atoms with Crippen molar-refractivity contribution in [2.45, 2.75) is 57.2 Å². The summed E-state index contributed by atoms with van der Waals surface area (Å²) in [5, 5.41) is 8.11. The molecule has 10 nitrogen and oxygen atoms in total. The van der Waals surface area contributed by atoms with E-state index < -0.39 is 5.54 Å². The highest BCUT2D eigenvalue weighted by atomic mass is 16.5. The van der Waals surface area contributed by atoms with E-state index in [0.29, 0.717) is 24.7 Å². The zero-order valence-corrected chi connectivity index (χ0v) is 23.0. The zero-order valence-electron chi connectivity index (χ0n) is 23.0. The van der Waals surface area contributed by atoms with Crippen LogP contribution in [0.4, 0.5) is 10.6 Å². The van der Waals surface area contributed by atoms with Gasteiger partial charge in [0.2, 0.25) is 0 Å². The molecular weight excluding hydrogens is 504 g/mol. The summed E-state index contributed by atoms with van der Waals surface area (Å²) < 4.78 is 8.21. The average Bonchev–Trinajstić information content (AvgIpc) is 3.67. The van der Waals surface area contributed by atoms with Gasteiger partial charge in [-0.1, -0.05) is 6.07 Å². The predicted molar refractivity (Wildman–Crippen MR) is 151 cm³/mol. The van der Waals surface area contributed by atoms with E-state index in [-0.39, 0.29) is 17.6 Å². The Hall–Kier alpha value is -4.47. The first-order valence-corrected chi connectivity index (χ1v) is 13.6. The minimum atomic E-state index is -0.504. The van der Waals surface area contributed by atoms with Gasteiger partial charge >= 0.3 is 6.03 Å². The van der Waals surface area contributed by atoms with Gasteiger partial charge in [0.25, 0.3) is 0 Å². The number of fused-ring (bicyclic) bond motifs is 2. The third-order valence-electron chi connectivity index (χ3n) is 8.17. The maximum absolute atomic E-state index is 13.3. The summed E-state index contributed by atoms with van der Waals surface area (Å²) in [5.74, 6) is 0.820. The summed E-state index contributed by atoms with van der Waals surface area (Å²) in [7, 11) is 0. The fourth-order valence-corrected chi connectivity index (χ4v) is 5.81. The highest BCUT2D eigenvalue weighted by molar-refractivity contribution is 5.76. The minimum Gasteiger partial charge on any atom is -0.481 e. The normalized spacial score (nSPS) is 19.0. The second-order valence-electron chi connectivity index (χ2n) is 11.3. The number of carbonyl (C=O) groups excluding carboxylic acids is 1. The van der Waals surface area contributed by atoms with E-state index in [2.05, 4.69) is 31.0 Å². The minimum absolute atomic E-state index is 0.0524. The molecule has 6 heterocycles. The number of rotatable bonds is 6. The maximum Gasteiger partial charge on any atom is 0.318 e. The van der Waals surface area contributed by atoms with Gasteiger partial charge in [-0.25, -0.2) is 9.78 Å². The first kappa shape index (κ1) is 25.8. The maximum atomic E-state index is 13.3. The Bertz CT molecular complexity index is 1520. The van der Waals surface area contributed by atoms with Gasteiger partial charge in [-0.3, -0.25) is 14.6 Å². The number of ether oxygens (including phenoxy) is 1. The third-order valence-corrected chi connectivity index (χ3v) is 8.17. The number of anilines is 1. The van der Waals surface area contributed by atoms with Crippen molar-refractivity contribution in [3.63, 3.8) is 0 Å². The average molecular weight is 539 g/mol. The molecule has 4 aromatic rings. The lowest BCUT2D eigenvalue weighted by Crippen LogP contribution is -2.48. The Morgan fingerprint density at radius 3 is 2.67 bits per heavy atom. The SMILES string of the molecule is C[C@@H](Oc1cc(-c2cc3n(n2)CCC32CCN(C(=O)NC(C)(C)c3ccncc3)C2)cnc1N)c1ccccn1. The summed E-state index contributed by atoms with van der Waals surface area (Å²) in [5.41, 5.74) is 10.2. The highest BCUT2D eigenvalue weighted by Gasteiger charge is 2.47. The molecule has 0 saturated carbocycles. The van der Waals surface area contributed by atoms with Gasteiger partial charge in [0.15, 0.2) is 11.6 Å². The molecule has 40 heavy (non-hydrogen) atoms. The smallest absolute Gasteiger partial charge is 0.318 e. The number of urea groups is 1. The Balaban J connectivity index is 1.18. The molecule has 3 N–H and O–H groups in total. The molecule has 2 amide bonds. The molecule has 1 spiro atoms. The first-order valence-electron chi connectivity index (χ1n) is 13.6. The number of hydrogen-bond donors (Lipinski definition) is 2. The van der Waals surface area contributed by atoms with Crippen molar-refractivity contribution in [3.05, 3.63) is 84.2 Å². The number of aryl methyl sites for hydroxylation is 1. The molecule has 4 aromatic heterocycles. The fourth-order valence-electron chi connectivity index (χ4n) is 5.81. The molecular formula is C30H34N8O2. The van der Waals surface area contributed by atoms with Crippen molar-refractivity contribution in [1.82, 2.24) is 34.9 Å². The van der Waals surface area contributed by atoms with Crippen LogP contribution >= 0.6 is 0 Å². The van der Waals surface area contributed by atoms with Crippen LogP contribution < -0.4 is 15.8 Å². The molecule has 1 fully saturated rings. The zero-order chi connectivity index (χ0) is 27.9. The number of nitrogen functional groups attached to an aromatic ring is 1. The summed E-state index contributed by atoms with van der Waals surface area (Å²) in [6.07, 6.45) is 8.55. The molecule has 10 heteroatoms. The summed E-state index contributed by atoms with van der Waals surface area (Å²) in [6, 6.07) is 13.6. The van der Waals surface area contributed by atoms with Gasteiger partial charge in [-0.05, 0) is 75.6 Å². The molecule has 0 aromatic carbocycles. The molecule has 6 rings (SSSR count). The Morgan fingerprint density at radius 2 is 1.90 bits per heavy atom. The second-order valence-corrected chi connectivity index (χ2v) is 11.3. The van der Waals surface area contributed by atoms with Crippen LogP contribution in [0.15, 0.2) is 67.3 Å².